The van der Waals surface area contributed by atoms with Crippen LogP contribution in [0.3, 0.4) is 0 Å². The molecule has 3 rings (SSSR count). The van der Waals surface area contributed by atoms with Gasteiger partial charge in [-0.15, -0.1) is 0 Å². The number of aryl methyl sites for hydroxylation is 2. The Kier molecular flexibility index (Phi) is 3.37. The fourth-order valence-corrected chi connectivity index (χ4v) is 2.88. The summed E-state index contributed by atoms with van der Waals surface area (Å²) >= 11 is 0. The number of phenolic OH excluding ortho intramolecular Hbond substituents is 2. The molecule has 2 aromatic carbocycles. The predicted octanol–water partition coefficient (Wildman–Crippen LogP) is 2.85. The lowest BCUT2D eigenvalue weighted by molar-refractivity contribution is 0.454. The first kappa shape index (κ1) is 14.2. The van der Waals surface area contributed by atoms with Crippen molar-refractivity contribution in [2.45, 2.75) is 13.3 Å². The molecule has 0 fully saturated rings. The topological polar surface area (TPSA) is 62.5 Å². The summed E-state index contributed by atoms with van der Waals surface area (Å²) in [7, 11) is 1.65. The summed E-state index contributed by atoms with van der Waals surface area (Å²) in [5.41, 5.74) is 2.86. The van der Waals surface area contributed by atoms with Gasteiger partial charge in [-0.3, -0.25) is 4.79 Å². The molecular weight excluding hydrogens is 278 g/mol. The first-order valence-corrected chi connectivity index (χ1v) is 7.07. The second kappa shape index (κ2) is 5.22. The molecule has 4 heteroatoms. The minimum Gasteiger partial charge on any atom is -0.508 e. The third-order valence-corrected chi connectivity index (χ3v) is 4.06. The summed E-state index contributed by atoms with van der Waals surface area (Å²) in [5.74, 6) is -0.0763. The number of aromatic hydroxyl groups is 2. The third kappa shape index (κ3) is 2.22. The number of nitrogens with zero attached hydrogens (tertiary/aromatic N) is 1. The van der Waals surface area contributed by atoms with E-state index in [0.717, 1.165) is 11.1 Å². The van der Waals surface area contributed by atoms with E-state index in [1.165, 1.54) is 16.7 Å². The molecule has 0 spiro atoms. The zero-order valence-electron chi connectivity index (χ0n) is 12.5. The van der Waals surface area contributed by atoms with E-state index in [1.54, 1.807) is 7.05 Å². The van der Waals surface area contributed by atoms with Crippen molar-refractivity contribution < 1.29 is 10.2 Å². The first-order chi connectivity index (χ1) is 10.5. The molecular formula is C18H17NO3. The van der Waals surface area contributed by atoms with Gasteiger partial charge in [0.05, 0.1) is 5.52 Å². The minimum absolute atomic E-state index is 0.0163. The van der Waals surface area contributed by atoms with Crippen LogP contribution in [-0.2, 0) is 13.5 Å². The lowest BCUT2D eigenvalue weighted by Gasteiger charge is -2.14. The van der Waals surface area contributed by atoms with Gasteiger partial charge in [-0.25, -0.2) is 0 Å². The van der Waals surface area contributed by atoms with Gasteiger partial charge < -0.3 is 14.8 Å². The molecule has 0 amide bonds. The van der Waals surface area contributed by atoms with Crippen LogP contribution < -0.4 is 5.56 Å². The SMILES string of the molecule is Cc1c(Cc2ccccc2)c(=O)n(C)c2cc(O)cc(O)c12. The maximum absolute atomic E-state index is 12.6. The van der Waals surface area contributed by atoms with Crippen molar-refractivity contribution in [1.29, 1.82) is 0 Å². The molecule has 0 aliphatic carbocycles. The number of pyridine rings is 1. The lowest BCUT2D eigenvalue weighted by atomic mass is 9.98. The maximum atomic E-state index is 12.6. The molecule has 0 atom stereocenters. The van der Waals surface area contributed by atoms with Crippen molar-refractivity contribution in [3.05, 3.63) is 69.5 Å². The fourth-order valence-electron chi connectivity index (χ4n) is 2.88. The van der Waals surface area contributed by atoms with Gasteiger partial charge in [-0.2, -0.15) is 0 Å². The molecule has 4 nitrogen and oxygen atoms in total. The summed E-state index contributed by atoms with van der Waals surface area (Å²) in [5, 5.41) is 20.4. The van der Waals surface area contributed by atoms with E-state index in [4.69, 9.17) is 0 Å². The molecule has 3 aromatic rings. The number of hydrogen-bond acceptors (Lipinski definition) is 3. The lowest BCUT2D eigenvalue weighted by Crippen LogP contribution is -2.23. The molecule has 1 heterocycles. The highest BCUT2D eigenvalue weighted by atomic mass is 16.3. The van der Waals surface area contributed by atoms with Gasteiger partial charge in [0, 0.05) is 36.6 Å². The standard InChI is InChI=1S/C18H17NO3/c1-11-14(8-12-6-4-3-5-7-12)18(22)19(2)15-9-13(20)10-16(21)17(11)15/h3-7,9-10,20-21H,8H2,1-2H3. The Morgan fingerprint density at radius 3 is 2.45 bits per heavy atom. The number of hydrogen-bond donors (Lipinski definition) is 2. The Bertz CT molecular complexity index is 911. The van der Waals surface area contributed by atoms with E-state index in [1.807, 2.05) is 37.3 Å². The zero-order chi connectivity index (χ0) is 15.9. The molecule has 2 N–H and O–H groups in total. The summed E-state index contributed by atoms with van der Waals surface area (Å²) in [4.78, 5) is 12.6. The molecule has 0 aliphatic rings. The van der Waals surface area contributed by atoms with Crippen LogP contribution in [0.15, 0.2) is 47.3 Å². The van der Waals surface area contributed by atoms with Crippen molar-refractivity contribution in [3.8, 4) is 11.5 Å². The quantitative estimate of drug-likeness (QED) is 0.764. The van der Waals surface area contributed by atoms with Crippen LogP contribution in [0.25, 0.3) is 10.9 Å². The Morgan fingerprint density at radius 1 is 1.09 bits per heavy atom. The van der Waals surface area contributed by atoms with Crippen LogP contribution in [0, 0.1) is 6.92 Å². The van der Waals surface area contributed by atoms with Gasteiger partial charge in [-0.05, 0) is 18.1 Å². The normalized spacial score (nSPS) is 11.0. The Morgan fingerprint density at radius 2 is 1.77 bits per heavy atom. The van der Waals surface area contributed by atoms with Gasteiger partial charge in [0.15, 0.2) is 0 Å². The highest BCUT2D eigenvalue weighted by Crippen LogP contribution is 2.32. The van der Waals surface area contributed by atoms with Crippen LogP contribution in [0.5, 0.6) is 11.5 Å². The Labute approximate surface area is 127 Å². The largest absolute Gasteiger partial charge is 0.508 e. The summed E-state index contributed by atoms with van der Waals surface area (Å²) in [6.07, 6.45) is 0.510. The highest BCUT2D eigenvalue weighted by Gasteiger charge is 2.16. The van der Waals surface area contributed by atoms with Crippen molar-refractivity contribution in [3.63, 3.8) is 0 Å². The fraction of sp³-hybridized carbons (Fsp3) is 0.167. The van der Waals surface area contributed by atoms with Crippen molar-refractivity contribution in [2.75, 3.05) is 0 Å². The van der Waals surface area contributed by atoms with E-state index in [2.05, 4.69) is 0 Å². The van der Waals surface area contributed by atoms with Crippen LogP contribution in [-0.4, -0.2) is 14.8 Å². The van der Waals surface area contributed by atoms with Gasteiger partial charge >= 0.3 is 0 Å². The van der Waals surface area contributed by atoms with E-state index >= 15 is 0 Å². The van der Waals surface area contributed by atoms with Crippen LogP contribution in [0.1, 0.15) is 16.7 Å². The monoisotopic (exact) mass is 295 g/mol. The molecule has 22 heavy (non-hydrogen) atoms. The van der Waals surface area contributed by atoms with Crippen molar-refractivity contribution >= 4 is 10.9 Å². The number of rotatable bonds is 2. The second-order valence-corrected chi connectivity index (χ2v) is 5.49. The number of benzene rings is 2. The predicted molar refractivity (Wildman–Crippen MR) is 86.5 cm³/mol. The zero-order valence-corrected chi connectivity index (χ0v) is 12.5. The van der Waals surface area contributed by atoms with Crippen molar-refractivity contribution in [2.24, 2.45) is 7.05 Å². The third-order valence-electron chi connectivity index (χ3n) is 4.06. The van der Waals surface area contributed by atoms with Crippen LogP contribution in [0.4, 0.5) is 0 Å². The smallest absolute Gasteiger partial charge is 0.254 e. The molecule has 1 aromatic heterocycles. The number of fused-ring (bicyclic) bond motifs is 1. The highest BCUT2D eigenvalue weighted by molar-refractivity contribution is 5.90. The van der Waals surface area contributed by atoms with Crippen LogP contribution in [0.2, 0.25) is 0 Å². The van der Waals surface area contributed by atoms with Gasteiger partial charge in [0.1, 0.15) is 11.5 Å². The van der Waals surface area contributed by atoms with E-state index in [-0.39, 0.29) is 17.1 Å². The Hall–Kier alpha value is -2.75. The number of phenols is 2. The second-order valence-electron chi connectivity index (χ2n) is 5.49. The molecule has 0 unspecified atom stereocenters. The Balaban J connectivity index is 2.30. The summed E-state index contributed by atoms with van der Waals surface area (Å²) in [6.45, 7) is 1.83. The molecule has 0 saturated carbocycles. The van der Waals surface area contributed by atoms with Gasteiger partial charge in [-0.1, -0.05) is 30.3 Å². The average Bonchev–Trinajstić information content (AvgIpc) is 2.49. The molecule has 0 bridgehead atoms. The van der Waals surface area contributed by atoms with Gasteiger partial charge in [0.25, 0.3) is 5.56 Å². The minimum atomic E-state index is -0.112. The van der Waals surface area contributed by atoms with Crippen molar-refractivity contribution in [1.82, 2.24) is 4.57 Å². The van der Waals surface area contributed by atoms with E-state index < -0.39 is 0 Å². The van der Waals surface area contributed by atoms with Crippen LogP contribution >= 0.6 is 0 Å². The molecule has 0 aliphatic heterocycles. The summed E-state index contributed by atoms with van der Waals surface area (Å²) < 4.78 is 1.47. The average molecular weight is 295 g/mol. The molecule has 0 saturated heterocycles. The van der Waals surface area contributed by atoms with E-state index in [9.17, 15) is 15.0 Å². The molecule has 112 valence electrons. The maximum Gasteiger partial charge on any atom is 0.254 e. The molecule has 0 radical (unpaired) electrons. The number of aromatic nitrogens is 1. The first-order valence-electron chi connectivity index (χ1n) is 7.07. The van der Waals surface area contributed by atoms with Gasteiger partial charge in [0.2, 0.25) is 0 Å². The summed E-state index contributed by atoms with van der Waals surface area (Å²) in [6, 6.07) is 12.5. The van der Waals surface area contributed by atoms with E-state index in [0.29, 0.717) is 22.9 Å².